The number of nitrogens with one attached hydrogen (secondary N) is 1. The lowest BCUT2D eigenvalue weighted by atomic mass is 10.1. The average Bonchev–Trinajstić information content (AvgIpc) is 3.07. The first kappa shape index (κ1) is 17.1. The Bertz CT molecular complexity index is 1040. The summed E-state index contributed by atoms with van der Waals surface area (Å²) in [6.07, 6.45) is -3.52. The van der Waals surface area contributed by atoms with Crippen molar-refractivity contribution in [3.05, 3.63) is 53.6 Å². The van der Waals surface area contributed by atoms with Gasteiger partial charge < -0.3 is 5.32 Å². The Hall–Kier alpha value is -3.30. The third kappa shape index (κ3) is 3.03. The SMILES string of the molecule is O=C1NCCn2nc(-c3ccnc(-c4cccc(C(F)(F)F)c4F)n3)cc21. The average molecular weight is 377 g/mol. The van der Waals surface area contributed by atoms with E-state index in [1.54, 1.807) is 0 Å². The summed E-state index contributed by atoms with van der Waals surface area (Å²) in [5.41, 5.74) is -0.789. The smallest absolute Gasteiger partial charge is 0.349 e. The highest BCUT2D eigenvalue weighted by Crippen LogP contribution is 2.35. The highest BCUT2D eigenvalue weighted by molar-refractivity contribution is 5.94. The lowest BCUT2D eigenvalue weighted by molar-refractivity contribution is -0.139. The Labute approximate surface area is 149 Å². The molecule has 4 rings (SSSR count). The summed E-state index contributed by atoms with van der Waals surface area (Å²) in [4.78, 5) is 19.9. The maximum Gasteiger partial charge on any atom is 0.419 e. The van der Waals surface area contributed by atoms with Crippen LogP contribution in [0.5, 0.6) is 0 Å². The van der Waals surface area contributed by atoms with E-state index in [1.165, 1.54) is 29.1 Å². The minimum Gasteiger partial charge on any atom is -0.349 e. The van der Waals surface area contributed by atoms with Gasteiger partial charge in [-0.25, -0.2) is 14.4 Å². The highest BCUT2D eigenvalue weighted by atomic mass is 19.4. The number of carbonyl (C=O) groups excluding carboxylic acids is 1. The van der Waals surface area contributed by atoms with Crippen LogP contribution in [-0.2, 0) is 12.7 Å². The summed E-state index contributed by atoms with van der Waals surface area (Å²) in [5.74, 6) is -1.92. The maximum atomic E-state index is 14.4. The number of halogens is 4. The molecule has 6 nitrogen and oxygen atoms in total. The Morgan fingerprint density at radius 1 is 1.15 bits per heavy atom. The number of nitrogens with zero attached hydrogens (tertiary/aromatic N) is 4. The zero-order valence-corrected chi connectivity index (χ0v) is 13.6. The molecule has 1 aromatic carbocycles. The fourth-order valence-corrected chi connectivity index (χ4v) is 2.82. The fraction of sp³-hybridized carbons (Fsp3) is 0.176. The first-order valence-corrected chi connectivity index (χ1v) is 7.90. The van der Waals surface area contributed by atoms with Gasteiger partial charge in [-0.15, -0.1) is 0 Å². The van der Waals surface area contributed by atoms with Crippen molar-refractivity contribution in [3.63, 3.8) is 0 Å². The van der Waals surface area contributed by atoms with Crippen LogP contribution >= 0.6 is 0 Å². The molecule has 2 aromatic heterocycles. The molecule has 0 fully saturated rings. The Balaban J connectivity index is 1.78. The predicted octanol–water partition coefficient (Wildman–Crippen LogP) is 2.91. The number of aromatic nitrogens is 4. The maximum absolute atomic E-state index is 14.4. The second kappa shape index (κ2) is 6.15. The van der Waals surface area contributed by atoms with E-state index in [0.717, 1.165) is 6.07 Å². The summed E-state index contributed by atoms with van der Waals surface area (Å²) in [7, 11) is 0. The number of hydrogen-bond acceptors (Lipinski definition) is 4. The van der Waals surface area contributed by atoms with Gasteiger partial charge in [-0.1, -0.05) is 6.07 Å². The van der Waals surface area contributed by atoms with Crippen molar-refractivity contribution in [2.45, 2.75) is 12.7 Å². The highest BCUT2D eigenvalue weighted by Gasteiger charge is 2.35. The molecule has 1 aliphatic rings. The van der Waals surface area contributed by atoms with Crippen LogP contribution in [-0.4, -0.2) is 32.2 Å². The number of alkyl halides is 3. The minimum atomic E-state index is -4.83. The topological polar surface area (TPSA) is 72.7 Å². The number of rotatable bonds is 2. The van der Waals surface area contributed by atoms with E-state index in [9.17, 15) is 22.4 Å². The predicted molar refractivity (Wildman–Crippen MR) is 86.0 cm³/mol. The lowest BCUT2D eigenvalue weighted by Gasteiger charge is -2.13. The van der Waals surface area contributed by atoms with Crippen molar-refractivity contribution in [2.75, 3.05) is 6.54 Å². The van der Waals surface area contributed by atoms with Gasteiger partial charge in [0, 0.05) is 12.7 Å². The van der Waals surface area contributed by atoms with Crippen molar-refractivity contribution in [2.24, 2.45) is 0 Å². The molecule has 27 heavy (non-hydrogen) atoms. The number of fused-ring (bicyclic) bond motifs is 1. The molecule has 138 valence electrons. The third-order valence-corrected chi connectivity index (χ3v) is 4.08. The van der Waals surface area contributed by atoms with E-state index in [0.29, 0.717) is 30.5 Å². The molecular formula is C17H11F4N5O. The molecular weight excluding hydrogens is 366 g/mol. The molecule has 0 radical (unpaired) electrons. The van der Waals surface area contributed by atoms with Crippen molar-refractivity contribution < 1.29 is 22.4 Å². The minimum absolute atomic E-state index is 0.202. The Morgan fingerprint density at radius 3 is 2.70 bits per heavy atom. The lowest BCUT2D eigenvalue weighted by Crippen LogP contribution is -2.35. The molecule has 3 aromatic rings. The van der Waals surface area contributed by atoms with Crippen LogP contribution in [0, 0.1) is 5.82 Å². The molecule has 1 amide bonds. The molecule has 10 heteroatoms. The molecule has 1 aliphatic heterocycles. The summed E-state index contributed by atoms with van der Waals surface area (Å²) < 4.78 is 54.6. The number of amides is 1. The van der Waals surface area contributed by atoms with E-state index in [2.05, 4.69) is 20.4 Å². The zero-order chi connectivity index (χ0) is 19.2. The van der Waals surface area contributed by atoms with Crippen molar-refractivity contribution in [1.29, 1.82) is 0 Å². The van der Waals surface area contributed by atoms with Crippen molar-refractivity contribution in [1.82, 2.24) is 25.1 Å². The first-order chi connectivity index (χ1) is 12.8. The van der Waals surface area contributed by atoms with Gasteiger partial charge >= 0.3 is 6.18 Å². The van der Waals surface area contributed by atoms with E-state index in [4.69, 9.17) is 0 Å². The van der Waals surface area contributed by atoms with Crippen LogP contribution in [0.25, 0.3) is 22.8 Å². The van der Waals surface area contributed by atoms with Crippen LogP contribution in [0.2, 0.25) is 0 Å². The van der Waals surface area contributed by atoms with Gasteiger partial charge in [-0.05, 0) is 24.3 Å². The van der Waals surface area contributed by atoms with Gasteiger partial charge in [-0.2, -0.15) is 18.3 Å². The van der Waals surface area contributed by atoms with Gasteiger partial charge in [0.1, 0.15) is 17.2 Å². The van der Waals surface area contributed by atoms with Gasteiger partial charge in [0.05, 0.1) is 23.4 Å². The standard InChI is InChI=1S/C17H11F4N5O/c18-14-9(2-1-3-10(14)17(19,20)21)15-22-5-4-11(24-15)12-8-13-16(27)23-6-7-26(13)25-12/h1-5,8H,6-7H2,(H,23,27). The van der Waals surface area contributed by atoms with Gasteiger partial charge in [0.15, 0.2) is 5.82 Å². The van der Waals surface area contributed by atoms with Gasteiger partial charge in [0.25, 0.3) is 5.91 Å². The van der Waals surface area contributed by atoms with E-state index >= 15 is 0 Å². The van der Waals surface area contributed by atoms with Crippen LogP contribution in [0.4, 0.5) is 17.6 Å². The van der Waals surface area contributed by atoms with E-state index in [1.807, 2.05) is 0 Å². The summed E-state index contributed by atoms with van der Waals surface area (Å²) in [6, 6.07) is 5.93. The second-order valence-corrected chi connectivity index (χ2v) is 5.82. The zero-order valence-electron chi connectivity index (χ0n) is 13.6. The number of benzene rings is 1. The molecule has 0 saturated heterocycles. The molecule has 0 spiro atoms. The van der Waals surface area contributed by atoms with Gasteiger partial charge in [0.2, 0.25) is 0 Å². The van der Waals surface area contributed by atoms with Crippen LogP contribution < -0.4 is 5.32 Å². The van der Waals surface area contributed by atoms with Crippen LogP contribution in [0.15, 0.2) is 36.5 Å². The monoisotopic (exact) mass is 377 g/mol. The quantitative estimate of drug-likeness (QED) is 0.697. The van der Waals surface area contributed by atoms with Gasteiger partial charge in [-0.3, -0.25) is 9.48 Å². The van der Waals surface area contributed by atoms with Crippen molar-refractivity contribution >= 4 is 5.91 Å². The molecule has 0 atom stereocenters. The summed E-state index contributed by atoms with van der Waals surface area (Å²) in [5, 5.41) is 6.96. The van der Waals surface area contributed by atoms with Crippen LogP contribution in [0.1, 0.15) is 16.1 Å². The Morgan fingerprint density at radius 2 is 1.96 bits per heavy atom. The molecule has 0 saturated carbocycles. The molecule has 3 heterocycles. The first-order valence-electron chi connectivity index (χ1n) is 7.90. The molecule has 1 N–H and O–H groups in total. The van der Waals surface area contributed by atoms with Crippen molar-refractivity contribution in [3.8, 4) is 22.8 Å². The number of carbonyl (C=O) groups is 1. The summed E-state index contributed by atoms with van der Waals surface area (Å²) >= 11 is 0. The molecule has 0 bridgehead atoms. The van der Waals surface area contributed by atoms with E-state index < -0.39 is 17.6 Å². The largest absolute Gasteiger partial charge is 0.419 e. The summed E-state index contributed by atoms with van der Waals surface area (Å²) in [6.45, 7) is 0.929. The Kier molecular flexibility index (Phi) is 3.90. The molecule has 0 unspecified atom stereocenters. The van der Waals surface area contributed by atoms with E-state index in [-0.39, 0.29) is 23.0 Å². The number of hydrogen-bond donors (Lipinski definition) is 1. The fourth-order valence-electron chi connectivity index (χ4n) is 2.82. The molecule has 0 aliphatic carbocycles. The third-order valence-electron chi connectivity index (χ3n) is 4.08. The second-order valence-electron chi connectivity index (χ2n) is 5.82. The normalized spacial score (nSPS) is 14.0. The van der Waals surface area contributed by atoms with Crippen LogP contribution in [0.3, 0.4) is 0 Å².